The largest absolute Gasteiger partial charge is 0.464 e. The molecule has 1 N–H and O–H groups in total. The van der Waals surface area contributed by atoms with E-state index in [-0.39, 0.29) is 5.75 Å². The highest BCUT2D eigenvalue weighted by molar-refractivity contribution is 7.99. The maximum Gasteiger partial charge on any atom is 0.148 e. The second-order valence-electron chi connectivity index (χ2n) is 4.71. The molecule has 1 aliphatic carbocycles. The van der Waals surface area contributed by atoms with Gasteiger partial charge in [0, 0.05) is 18.1 Å². The highest BCUT2D eigenvalue weighted by atomic mass is 32.2. The first-order chi connectivity index (χ1) is 8.53. The van der Waals surface area contributed by atoms with E-state index in [0.29, 0.717) is 11.8 Å². The van der Waals surface area contributed by atoms with Crippen molar-refractivity contribution in [3.8, 4) is 0 Å². The Morgan fingerprint density at radius 1 is 1.39 bits per heavy atom. The molecule has 2 rings (SSSR count). The molecule has 1 fully saturated rings. The summed E-state index contributed by atoms with van der Waals surface area (Å²) in [5, 5.41) is 3.39. The average molecular weight is 289 g/mol. The van der Waals surface area contributed by atoms with Crippen molar-refractivity contribution in [2.45, 2.75) is 31.2 Å². The molecule has 1 heterocycles. The van der Waals surface area contributed by atoms with Gasteiger partial charge >= 0.3 is 0 Å². The first kappa shape index (κ1) is 14.0. The third kappa shape index (κ3) is 5.46. The third-order valence-corrected chi connectivity index (χ3v) is 4.89. The molecule has 1 aliphatic rings. The lowest BCUT2D eigenvalue weighted by Gasteiger charge is -2.00. The molecule has 4 nitrogen and oxygen atoms in total. The van der Waals surface area contributed by atoms with Gasteiger partial charge in [-0.2, -0.15) is 11.8 Å². The average Bonchev–Trinajstić information content (AvgIpc) is 3.00. The van der Waals surface area contributed by atoms with Gasteiger partial charge in [0.15, 0.2) is 0 Å². The molecule has 0 amide bonds. The summed E-state index contributed by atoms with van der Waals surface area (Å²) in [6, 6.07) is 4.64. The summed E-state index contributed by atoms with van der Waals surface area (Å²) in [4.78, 5) is 0. The Morgan fingerprint density at radius 3 is 2.78 bits per heavy atom. The van der Waals surface area contributed by atoms with Crippen molar-refractivity contribution in [2.75, 3.05) is 17.8 Å². The molecule has 1 aromatic rings. The molecule has 0 spiro atoms. The Bertz CT molecular complexity index is 477. The molecule has 0 bridgehead atoms. The van der Waals surface area contributed by atoms with Crippen molar-refractivity contribution in [1.82, 2.24) is 5.32 Å². The van der Waals surface area contributed by atoms with Gasteiger partial charge in [-0.05, 0) is 25.0 Å². The van der Waals surface area contributed by atoms with Crippen LogP contribution in [0.15, 0.2) is 16.5 Å². The number of thioether (sulfide) groups is 1. The summed E-state index contributed by atoms with van der Waals surface area (Å²) in [5.74, 6) is 3.46. The highest BCUT2D eigenvalue weighted by Crippen LogP contribution is 2.20. The van der Waals surface area contributed by atoms with Crippen molar-refractivity contribution < 1.29 is 12.8 Å². The van der Waals surface area contributed by atoms with Crippen molar-refractivity contribution >= 4 is 21.6 Å². The molecule has 0 atom stereocenters. The fraction of sp³-hybridized carbons (Fsp3) is 0.667. The van der Waals surface area contributed by atoms with Crippen LogP contribution in [0.5, 0.6) is 0 Å². The van der Waals surface area contributed by atoms with E-state index in [0.717, 1.165) is 23.8 Å². The van der Waals surface area contributed by atoms with Crippen LogP contribution in [0.3, 0.4) is 0 Å². The second-order valence-corrected chi connectivity index (χ2v) is 8.07. The summed E-state index contributed by atoms with van der Waals surface area (Å²) in [6.07, 6.45) is 3.81. The molecule has 0 aliphatic heterocycles. The zero-order chi connectivity index (χ0) is 13.0. The lowest BCUT2D eigenvalue weighted by atomic mass is 10.4. The van der Waals surface area contributed by atoms with Gasteiger partial charge in [0.1, 0.15) is 21.4 Å². The topological polar surface area (TPSA) is 59.3 Å². The fourth-order valence-corrected chi connectivity index (χ4v) is 3.69. The third-order valence-electron chi connectivity index (χ3n) is 2.70. The molecule has 0 unspecified atom stereocenters. The maximum atomic E-state index is 11.0. The van der Waals surface area contributed by atoms with Gasteiger partial charge in [-0.3, -0.25) is 0 Å². The van der Waals surface area contributed by atoms with Crippen LogP contribution in [0, 0.1) is 0 Å². The number of sulfone groups is 1. The number of hydrogen-bond donors (Lipinski definition) is 1. The maximum absolute atomic E-state index is 11.0. The SMILES string of the molecule is CS(=O)(=O)CCSCc1ccc(CNC2CC2)o1. The molecule has 102 valence electrons. The minimum absolute atomic E-state index is 0.231. The van der Waals surface area contributed by atoms with E-state index in [4.69, 9.17) is 4.42 Å². The zero-order valence-corrected chi connectivity index (χ0v) is 12.1. The zero-order valence-electron chi connectivity index (χ0n) is 10.5. The van der Waals surface area contributed by atoms with Crippen LogP contribution < -0.4 is 5.32 Å². The van der Waals surface area contributed by atoms with Crippen molar-refractivity contribution in [1.29, 1.82) is 0 Å². The number of nitrogens with one attached hydrogen (secondary N) is 1. The molecule has 18 heavy (non-hydrogen) atoms. The predicted molar refractivity (Wildman–Crippen MR) is 74.4 cm³/mol. The summed E-state index contributed by atoms with van der Waals surface area (Å²) < 4.78 is 27.6. The minimum atomic E-state index is -2.85. The van der Waals surface area contributed by atoms with E-state index in [2.05, 4.69) is 5.32 Å². The van der Waals surface area contributed by atoms with Gasteiger partial charge in [-0.1, -0.05) is 0 Å². The van der Waals surface area contributed by atoms with Gasteiger partial charge in [-0.15, -0.1) is 0 Å². The van der Waals surface area contributed by atoms with Gasteiger partial charge < -0.3 is 9.73 Å². The van der Waals surface area contributed by atoms with Gasteiger partial charge in [0.2, 0.25) is 0 Å². The molecule has 0 aromatic carbocycles. The number of furan rings is 1. The van der Waals surface area contributed by atoms with Crippen LogP contribution in [0.1, 0.15) is 24.4 Å². The summed E-state index contributed by atoms with van der Waals surface area (Å²) in [5.41, 5.74) is 0. The van der Waals surface area contributed by atoms with Crippen molar-refractivity contribution in [2.24, 2.45) is 0 Å². The Hall–Kier alpha value is -0.460. The smallest absolute Gasteiger partial charge is 0.148 e. The molecule has 6 heteroatoms. The molecular formula is C12H19NO3S2. The Balaban J connectivity index is 1.66. The summed E-state index contributed by atoms with van der Waals surface area (Å²) >= 11 is 1.59. The molecule has 1 aromatic heterocycles. The van der Waals surface area contributed by atoms with Crippen LogP contribution >= 0.6 is 11.8 Å². The predicted octanol–water partition coefficient (Wildman–Crippen LogP) is 1.81. The quantitative estimate of drug-likeness (QED) is 0.740. The Morgan fingerprint density at radius 2 is 2.11 bits per heavy atom. The van der Waals surface area contributed by atoms with Crippen LogP contribution in [-0.4, -0.2) is 32.2 Å². The standard InChI is InChI=1S/C12H19NO3S2/c1-18(14,15)7-6-17-9-12-5-4-11(16-12)8-13-10-2-3-10/h4-5,10,13H,2-3,6-9H2,1H3. The van der Waals surface area contributed by atoms with E-state index in [1.165, 1.54) is 19.1 Å². The molecule has 1 saturated carbocycles. The summed E-state index contributed by atoms with van der Waals surface area (Å²) in [6.45, 7) is 0.790. The number of rotatable bonds is 8. The first-order valence-electron chi connectivity index (χ1n) is 6.09. The van der Waals surface area contributed by atoms with Crippen LogP contribution in [-0.2, 0) is 22.1 Å². The Labute approximate surface area is 112 Å². The van der Waals surface area contributed by atoms with Crippen LogP contribution in [0.25, 0.3) is 0 Å². The normalized spacial score (nSPS) is 16.1. The van der Waals surface area contributed by atoms with Crippen molar-refractivity contribution in [3.05, 3.63) is 23.7 Å². The second kappa shape index (κ2) is 6.12. The lowest BCUT2D eigenvalue weighted by molar-refractivity contribution is 0.458. The first-order valence-corrected chi connectivity index (χ1v) is 9.31. The van der Waals surface area contributed by atoms with E-state index in [1.807, 2.05) is 12.1 Å². The van der Waals surface area contributed by atoms with Crippen LogP contribution in [0.4, 0.5) is 0 Å². The van der Waals surface area contributed by atoms with E-state index in [1.54, 1.807) is 11.8 Å². The highest BCUT2D eigenvalue weighted by Gasteiger charge is 2.20. The van der Waals surface area contributed by atoms with Gasteiger partial charge in [0.25, 0.3) is 0 Å². The Kier molecular flexibility index (Phi) is 4.75. The number of hydrogen-bond acceptors (Lipinski definition) is 5. The molecule has 0 radical (unpaired) electrons. The molecular weight excluding hydrogens is 270 g/mol. The van der Waals surface area contributed by atoms with Crippen molar-refractivity contribution in [3.63, 3.8) is 0 Å². The van der Waals surface area contributed by atoms with Crippen LogP contribution in [0.2, 0.25) is 0 Å². The van der Waals surface area contributed by atoms with E-state index >= 15 is 0 Å². The fourth-order valence-electron chi connectivity index (χ4n) is 1.51. The lowest BCUT2D eigenvalue weighted by Crippen LogP contribution is -2.14. The monoisotopic (exact) mass is 289 g/mol. The minimum Gasteiger partial charge on any atom is -0.464 e. The van der Waals surface area contributed by atoms with E-state index in [9.17, 15) is 8.42 Å². The summed E-state index contributed by atoms with van der Waals surface area (Å²) in [7, 11) is -2.85. The van der Waals surface area contributed by atoms with Gasteiger partial charge in [-0.25, -0.2) is 8.42 Å². The molecule has 0 saturated heterocycles. The van der Waals surface area contributed by atoms with E-state index < -0.39 is 9.84 Å². The van der Waals surface area contributed by atoms with Gasteiger partial charge in [0.05, 0.1) is 18.1 Å².